The Hall–Kier alpha value is -2.45. The maximum atomic E-state index is 12.5. The number of nitrogens with zero attached hydrogens (tertiary/aromatic N) is 1. The Bertz CT molecular complexity index is 847. The van der Waals surface area contributed by atoms with E-state index in [1.54, 1.807) is 6.92 Å². The molecule has 0 aliphatic heterocycles. The van der Waals surface area contributed by atoms with Gasteiger partial charge in [-0.15, -0.1) is 11.3 Å². The summed E-state index contributed by atoms with van der Waals surface area (Å²) in [6.45, 7) is 3.60. The van der Waals surface area contributed by atoms with E-state index in [9.17, 15) is 19.7 Å². The number of thiophene rings is 1. The summed E-state index contributed by atoms with van der Waals surface area (Å²) in [5.41, 5.74) is 0.565. The highest BCUT2D eigenvalue weighted by atomic mass is 35.5. The Kier molecular flexibility index (Phi) is 5.20. The van der Waals surface area contributed by atoms with Crippen molar-refractivity contribution < 1.29 is 14.5 Å². The number of carbonyl (C=O) groups is 2. The van der Waals surface area contributed by atoms with E-state index in [1.807, 2.05) is 6.92 Å². The molecule has 0 radical (unpaired) electrons. The van der Waals surface area contributed by atoms with Gasteiger partial charge in [0.15, 0.2) is 0 Å². The van der Waals surface area contributed by atoms with Crippen LogP contribution in [0.1, 0.15) is 31.2 Å². The lowest BCUT2D eigenvalue weighted by molar-refractivity contribution is -0.385. The van der Waals surface area contributed by atoms with E-state index >= 15 is 0 Å². The molecule has 7 nitrogen and oxygen atoms in total. The Balaban J connectivity index is 2.45. The van der Waals surface area contributed by atoms with Gasteiger partial charge in [-0.25, -0.2) is 0 Å². The number of amides is 2. The molecule has 9 heteroatoms. The van der Waals surface area contributed by atoms with Crippen LogP contribution in [0.15, 0.2) is 18.2 Å². The molecule has 2 amide bonds. The molecule has 0 atom stereocenters. The van der Waals surface area contributed by atoms with Crippen molar-refractivity contribution in [2.24, 2.45) is 0 Å². The largest absolute Gasteiger partial charge is 0.355 e. The van der Waals surface area contributed by atoms with E-state index in [-0.39, 0.29) is 22.2 Å². The first-order valence-corrected chi connectivity index (χ1v) is 8.03. The van der Waals surface area contributed by atoms with Crippen molar-refractivity contribution in [1.29, 1.82) is 0 Å². The number of anilines is 1. The third-order valence-electron chi connectivity index (χ3n) is 3.47. The molecule has 0 aliphatic rings. The number of halogens is 1. The summed E-state index contributed by atoms with van der Waals surface area (Å²) in [5, 5.41) is 16.7. The van der Waals surface area contributed by atoms with Crippen LogP contribution in [0.2, 0.25) is 5.02 Å². The fraction of sp³-hybridized carbons (Fsp3) is 0.200. The van der Waals surface area contributed by atoms with Crippen LogP contribution in [0.3, 0.4) is 0 Å². The summed E-state index contributed by atoms with van der Waals surface area (Å²) in [6, 6.07) is 3.73. The molecular weight excluding hydrogens is 354 g/mol. The molecule has 1 aromatic carbocycles. The number of nitro groups is 1. The van der Waals surface area contributed by atoms with E-state index < -0.39 is 10.8 Å². The van der Waals surface area contributed by atoms with Crippen LogP contribution in [-0.2, 0) is 0 Å². The Morgan fingerprint density at radius 1 is 1.25 bits per heavy atom. The predicted molar refractivity (Wildman–Crippen MR) is 93.2 cm³/mol. The van der Waals surface area contributed by atoms with Crippen molar-refractivity contribution in [2.45, 2.75) is 13.8 Å². The van der Waals surface area contributed by atoms with Crippen molar-refractivity contribution in [2.75, 3.05) is 12.4 Å². The number of nitrogens with one attached hydrogen (secondary N) is 2. The summed E-state index contributed by atoms with van der Waals surface area (Å²) in [7, 11) is 1.49. The monoisotopic (exact) mass is 367 g/mol. The summed E-state index contributed by atoms with van der Waals surface area (Å²) in [6.07, 6.45) is 0. The molecule has 0 bridgehead atoms. The maximum absolute atomic E-state index is 12.5. The molecule has 0 unspecified atom stereocenters. The lowest BCUT2D eigenvalue weighted by atomic mass is 10.1. The molecule has 0 saturated carbocycles. The van der Waals surface area contributed by atoms with Gasteiger partial charge in [-0.05, 0) is 31.5 Å². The molecule has 2 N–H and O–H groups in total. The van der Waals surface area contributed by atoms with Crippen molar-refractivity contribution in [3.8, 4) is 0 Å². The second-order valence-corrected chi connectivity index (χ2v) is 6.60. The van der Waals surface area contributed by atoms with E-state index in [2.05, 4.69) is 10.6 Å². The Labute approximate surface area is 146 Å². The Morgan fingerprint density at radius 2 is 1.92 bits per heavy atom. The minimum Gasteiger partial charge on any atom is -0.355 e. The molecule has 1 aromatic heterocycles. The van der Waals surface area contributed by atoms with Gasteiger partial charge in [0.05, 0.1) is 10.5 Å². The molecule has 0 fully saturated rings. The second kappa shape index (κ2) is 6.98. The van der Waals surface area contributed by atoms with Crippen molar-refractivity contribution in [3.63, 3.8) is 0 Å². The number of hydrogen-bond acceptors (Lipinski definition) is 5. The van der Waals surface area contributed by atoms with Gasteiger partial charge in [-0.3, -0.25) is 19.7 Å². The van der Waals surface area contributed by atoms with Crippen LogP contribution in [0, 0.1) is 24.0 Å². The summed E-state index contributed by atoms with van der Waals surface area (Å²) < 4.78 is 0. The quantitative estimate of drug-likeness (QED) is 0.637. The fourth-order valence-electron chi connectivity index (χ4n) is 2.13. The highest BCUT2D eigenvalue weighted by Gasteiger charge is 2.24. The first-order valence-electron chi connectivity index (χ1n) is 6.83. The first-order chi connectivity index (χ1) is 11.3. The zero-order chi connectivity index (χ0) is 18.0. The zero-order valence-corrected chi connectivity index (χ0v) is 14.7. The number of rotatable bonds is 4. The van der Waals surface area contributed by atoms with Crippen molar-refractivity contribution in [1.82, 2.24) is 5.32 Å². The molecule has 24 heavy (non-hydrogen) atoms. The van der Waals surface area contributed by atoms with E-state index in [0.717, 1.165) is 10.4 Å². The molecule has 1 heterocycles. The van der Waals surface area contributed by atoms with Crippen LogP contribution in [-0.4, -0.2) is 23.8 Å². The van der Waals surface area contributed by atoms with Crippen LogP contribution in [0.5, 0.6) is 0 Å². The number of nitro benzene ring substituents is 1. The van der Waals surface area contributed by atoms with Gasteiger partial charge in [0.1, 0.15) is 10.6 Å². The Morgan fingerprint density at radius 3 is 2.50 bits per heavy atom. The SMILES string of the molecule is CNC(=O)c1c(NC(=O)c2cc(Cl)ccc2[N+](=O)[O-])sc(C)c1C. The second-order valence-electron chi connectivity index (χ2n) is 4.94. The summed E-state index contributed by atoms with van der Waals surface area (Å²) in [5.74, 6) is -1.04. The van der Waals surface area contributed by atoms with Crippen molar-refractivity contribution >= 4 is 45.4 Å². The molecular formula is C15H14ClN3O4S. The summed E-state index contributed by atoms with van der Waals surface area (Å²) in [4.78, 5) is 35.8. The van der Waals surface area contributed by atoms with Crippen LogP contribution in [0.4, 0.5) is 10.7 Å². The molecule has 0 aliphatic carbocycles. The molecule has 0 saturated heterocycles. The van der Waals surface area contributed by atoms with Gasteiger partial charge < -0.3 is 10.6 Å². The van der Waals surface area contributed by atoms with Gasteiger partial charge in [-0.2, -0.15) is 0 Å². The third kappa shape index (κ3) is 3.39. The highest BCUT2D eigenvalue weighted by Crippen LogP contribution is 2.33. The van der Waals surface area contributed by atoms with Gasteiger partial charge in [-0.1, -0.05) is 11.6 Å². The molecule has 2 aromatic rings. The lowest BCUT2D eigenvalue weighted by Crippen LogP contribution is -2.21. The molecule has 2 rings (SSSR count). The van der Waals surface area contributed by atoms with Gasteiger partial charge >= 0.3 is 0 Å². The van der Waals surface area contributed by atoms with Gasteiger partial charge in [0, 0.05) is 23.0 Å². The van der Waals surface area contributed by atoms with E-state index in [1.165, 1.54) is 36.6 Å². The van der Waals surface area contributed by atoms with Crippen LogP contribution < -0.4 is 10.6 Å². The zero-order valence-electron chi connectivity index (χ0n) is 13.1. The minimum absolute atomic E-state index is 0.168. The average molecular weight is 368 g/mol. The minimum atomic E-state index is -0.699. The van der Waals surface area contributed by atoms with Crippen molar-refractivity contribution in [3.05, 3.63) is 54.9 Å². The van der Waals surface area contributed by atoms with E-state index in [0.29, 0.717) is 10.6 Å². The topological polar surface area (TPSA) is 101 Å². The first kappa shape index (κ1) is 17.9. The number of aryl methyl sites for hydroxylation is 1. The third-order valence-corrected chi connectivity index (χ3v) is 4.82. The van der Waals surface area contributed by atoms with Gasteiger partial charge in [0.2, 0.25) is 0 Å². The average Bonchev–Trinajstić information content (AvgIpc) is 2.80. The smallest absolute Gasteiger partial charge is 0.282 e. The number of benzene rings is 1. The highest BCUT2D eigenvalue weighted by molar-refractivity contribution is 7.16. The normalized spacial score (nSPS) is 10.3. The van der Waals surface area contributed by atoms with Crippen LogP contribution >= 0.6 is 22.9 Å². The lowest BCUT2D eigenvalue weighted by Gasteiger charge is -2.07. The maximum Gasteiger partial charge on any atom is 0.282 e. The standard InChI is InChI=1S/C15H14ClN3O4S/c1-7-8(2)24-15(12(7)14(21)17-3)18-13(20)10-6-9(16)4-5-11(10)19(22)23/h4-6H,1-3H3,(H,17,21)(H,18,20). The van der Waals surface area contributed by atoms with Crippen LogP contribution in [0.25, 0.3) is 0 Å². The fourth-order valence-corrected chi connectivity index (χ4v) is 3.36. The summed E-state index contributed by atoms with van der Waals surface area (Å²) >= 11 is 7.07. The number of hydrogen-bond donors (Lipinski definition) is 2. The number of carbonyl (C=O) groups excluding carboxylic acids is 2. The van der Waals surface area contributed by atoms with Gasteiger partial charge in [0.25, 0.3) is 17.5 Å². The van der Waals surface area contributed by atoms with E-state index in [4.69, 9.17) is 11.6 Å². The predicted octanol–water partition coefficient (Wildman–Crippen LogP) is 3.54. The molecule has 126 valence electrons. The molecule has 0 spiro atoms.